The van der Waals surface area contributed by atoms with Crippen LogP contribution in [-0.2, 0) is 6.54 Å². The highest BCUT2D eigenvalue weighted by Crippen LogP contribution is 2.29. The lowest BCUT2D eigenvalue weighted by Crippen LogP contribution is -2.43. The molecule has 166 valence electrons. The molecule has 0 aromatic heterocycles. The van der Waals surface area contributed by atoms with Crippen molar-refractivity contribution in [2.24, 2.45) is 10.8 Å². The molecule has 0 aliphatic carbocycles. The summed E-state index contributed by atoms with van der Waals surface area (Å²) in [4.78, 5) is 4.06. The fraction of sp³-hybridized carbons (Fsp3) is 0.333. The van der Waals surface area contributed by atoms with Crippen molar-refractivity contribution in [1.29, 1.82) is 0 Å². The lowest BCUT2D eigenvalue weighted by molar-refractivity contribution is 0.200. The monoisotopic (exact) mass is 485 g/mol. The first kappa shape index (κ1) is 23.7. The van der Waals surface area contributed by atoms with Crippen LogP contribution in [0.2, 0.25) is 10.0 Å². The van der Waals surface area contributed by atoms with Crippen LogP contribution in [0.5, 0.6) is 0 Å². The predicted octanol–water partition coefficient (Wildman–Crippen LogP) is 4.54. The van der Waals surface area contributed by atoms with Gasteiger partial charge in [-0.15, -0.1) is 0 Å². The van der Waals surface area contributed by atoms with Crippen LogP contribution >= 0.6 is 35.4 Å². The summed E-state index contributed by atoms with van der Waals surface area (Å²) in [7, 11) is 2.02. The van der Waals surface area contributed by atoms with Gasteiger partial charge < -0.3 is 10.6 Å². The molecule has 1 heterocycles. The van der Waals surface area contributed by atoms with Crippen molar-refractivity contribution in [3.8, 4) is 0 Å². The van der Waals surface area contributed by atoms with Crippen LogP contribution in [0.4, 0.5) is 14.5 Å². The smallest absolute Gasteiger partial charge is 0.184 e. The van der Waals surface area contributed by atoms with Gasteiger partial charge in [0.2, 0.25) is 0 Å². The summed E-state index contributed by atoms with van der Waals surface area (Å²) in [6.45, 7) is 1.84. The van der Waals surface area contributed by atoms with E-state index in [1.54, 1.807) is 0 Å². The second-order valence-electron chi connectivity index (χ2n) is 7.39. The lowest BCUT2D eigenvalue weighted by Gasteiger charge is -2.38. The Labute approximate surface area is 195 Å². The second-order valence-corrected chi connectivity index (χ2v) is 8.65. The molecule has 0 radical (unpaired) electrons. The van der Waals surface area contributed by atoms with E-state index in [4.69, 9.17) is 28.9 Å². The first-order chi connectivity index (χ1) is 14.8. The highest BCUT2D eigenvalue weighted by Gasteiger charge is 2.25. The Kier molecular flexibility index (Phi) is 8.05. The number of piperidine rings is 1. The first-order valence-corrected chi connectivity index (χ1v) is 10.9. The Bertz CT molecular complexity index is 960. The number of hydrogen-bond donors (Lipinski definition) is 2. The Morgan fingerprint density at radius 2 is 1.90 bits per heavy atom. The van der Waals surface area contributed by atoms with Gasteiger partial charge in [0, 0.05) is 52.9 Å². The van der Waals surface area contributed by atoms with Crippen molar-refractivity contribution in [2.45, 2.75) is 25.4 Å². The maximum atomic E-state index is 14.7. The maximum absolute atomic E-state index is 14.7. The molecule has 1 aliphatic heterocycles. The zero-order valence-electron chi connectivity index (χ0n) is 16.9. The summed E-state index contributed by atoms with van der Waals surface area (Å²) < 4.78 is 29.1. The fourth-order valence-corrected chi connectivity index (χ4v) is 4.24. The summed E-state index contributed by atoms with van der Waals surface area (Å²) in [5.74, 6) is -1.08. The van der Waals surface area contributed by atoms with Crippen molar-refractivity contribution >= 4 is 52.4 Å². The van der Waals surface area contributed by atoms with E-state index in [1.807, 2.05) is 30.1 Å². The molecule has 1 saturated heterocycles. The van der Waals surface area contributed by atoms with Gasteiger partial charge in [-0.05, 0) is 50.3 Å². The van der Waals surface area contributed by atoms with E-state index in [0.29, 0.717) is 29.7 Å². The zero-order valence-corrected chi connectivity index (χ0v) is 19.2. The number of nitrogens with one attached hydrogen (secondary N) is 1. The number of rotatable bonds is 6. The highest BCUT2D eigenvalue weighted by atomic mass is 35.5. The number of thiocarbonyl (C=S) groups is 1. The number of hydrazone groups is 1. The van der Waals surface area contributed by atoms with Crippen molar-refractivity contribution in [3.05, 3.63) is 63.1 Å². The average molecular weight is 486 g/mol. The molecule has 31 heavy (non-hydrogen) atoms. The van der Waals surface area contributed by atoms with Gasteiger partial charge in [-0.1, -0.05) is 29.3 Å². The highest BCUT2D eigenvalue weighted by molar-refractivity contribution is 7.80. The molecule has 3 N–H and O–H groups in total. The molecule has 0 amide bonds. The number of anilines is 1. The van der Waals surface area contributed by atoms with Crippen LogP contribution in [0.25, 0.3) is 0 Å². The first-order valence-electron chi connectivity index (χ1n) is 9.72. The Hall–Kier alpha value is -2.00. The third-order valence-corrected chi connectivity index (χ3v) is 6.14. The van der Waals surface area contributed by atoms with Crippen LogP contribution in [0, 0.1) is 11.6 Å². The molecule has 0 saturated carbocycles. The summed E-state index contributed by atoms with van der Waals surface area (Å²) in [6.07, 6.45) is 2.75. The molecule has 1 fully saturated rings. The largest absolute Gasteiger partial charge is 0.375 e. The van der Waals surface area contributed by atoms with E-state index >= 15 is 0 Å². The van der Waals surface area contributed by atoms with Crippen molar-refractivity contribution in [2.75, 3.05) is 25.0 Å². The Morgan fingerprint density at radius 1 is 1.26 bits per heavy atom. The fourth-order valence-electron chi connectivity index (χ4n) is 3.67. The molecule has 0 spiro atoms. The number of nitrogens with two attached hydrogens (primary N) is 1. The van der Waals surface area contributed by atoms with Gasteiger partial charge >= 0.3 is 0 Å². The number of nitrogens with zero attached hydrogens (tertiary/aromatic N) is 3. The minimum absolute atomic E-state index is 0.0104. The normalized spacial score (nSPS) is 15.1. The minimum Gasteiger partial charge on any atom is -0.375 e. The molecular weight excluding hydrogens is 463 g/mol. The third kappa shape index (κ3) is 6.04. The molecule has 0 atom stereocenters. The van der Waals surface area contributed by atoms with Gasteiger partial charge in [0.25, 0.3) is 0 Å². The van der Waals surface area contributed by atoms with Crippen LogP contribution in [-0.4, -0.2) is 42.4 Å². The molecule has 10 heteroatoms. The number of benzene rings is 2. The third-order valence-electron chi connectivity index (χ3n) is 5.34. The van der Waals surface area contributed by atoms with Crippen LogP contribution in [0.15, 0.2) is 35.4 Å². The van der Waals surface area contributed by atoms with Crippen LogP contribution in [0.3, 0.4) is 0 Å². The molecule has 3 rings (SSSR count). The van der Waals surface area contributed by atoms with E-state index in [-0.39, 0.29) is 22.4 Å². The summed E-state index contributed by atoms with van der Waals surface area (Å²) in [6, 6.07) is 8.07. The van der Waals surface area contributed by atoms with Gasteiger partial charge in [-0.2, -0.15) is 5.10 Å². The van der Waals surface area contributed by atoms with E-state index in [0.717, 1.165) is 30.7 Å². The minimum atomic E-state index is -0.572. The maximum Gasteiger partial charge on any atom is 0.184 e. The van der Waals surface area contributed by atoms with Gasteiger partial charge in [-0.3, -0.25) is 10.3 Å². The van der Waals surface area contributed by atoms with E-state index < -0.39 is 11.6 Å². The standard InChI is InChI=1S/C21H23Cl2F2N5S/c1-29(12-15-16(22)3-2-4-17(15)23)14-5-7-30(8-6-14)20-10-18(24)13(9-19(20)25)11-27-28-21(26)31/h2-4,9-11,14H,5-8,12H2,1H3,(H3,26,28,31). The van der Waals surface area contributed by atoms with Crippen LogP contribution < -0.4 is 16.1 Å². The average Bonchev–Trinajstić information content (AvgIpc) is 2.73. The van der Waals surface area contributed by atoms with E-state index in [1.165, 1.54) is 6.07 Å². The number of hydrogen-bond acceptors (Lipinski definition) is 4. The topological polar surface area (TPSA) is 56.9 Å². The van der Waals surface area contributed by atoms with E-state index in [2.05, 4.69) is 27.6 Å². The molecule has 1 aliphatic rings. The summed E-state index contributed by atoms with van der Waals surface area (Å²) in [5, 5.41) is 4.90. The number of halogens is 4. The predicted molar refractivity (Wildman–Crippen MR) is 127 cm³/mol. The summed E-state index contributed by atoms with van der Waals surface area (Å²) >= 11 is 17.2. The lowest BCUT2D eigenvalue weighted by atomic mass is 10.0. The van der Waals surface area contributed by atoms with Crippen molar-refractivity contribution < 1.29 is 8.78 Å². The van der Waals surface area contributed by atoms with Gasteiger partial charge in [0.1, 0.15) is 11.6 Å². The molecule has 5 nitrogen and oxygen atoms in total. The van der Waals surface area contributed by atoms with Gasteiger partial charge in [0.05, 0.1) is 11.9 Å². The van der Waals surface area contributed by atoms with Crippen molar-refractivity contribution in [3.63, 3.8) is 0 Å². The molecular formula is C21H23Cl2F2N5S. The van der Waals surface area contributed by atoms with Gasteiger partial charge in [0.15, 0.2) is 5.11 Å². The molecule has 2 aromatic rings. The van der Waals surface area contributed by atoms with Gasteiger partial charge in [-0.25, -0.2) is 8.78 Å². The quantitative estimate of drug-likeness (QED) is 0.357. The summed E-state index contributed by atoms with van der Waals surface area (Å²) in [5.41, 5.74) is 8.72. The van der Waals surface area contributed by atoms with Crippen LogP contribution in [0.1, 0.15) is 24.0 Å². The van der Waals surface area contributed by atoms with Crippen molar-refractivity contribution in [1.82, 2.24) is 10.3 Å². The molecule has 0 bridgehead atoms. The molecule has 0 unspecified atom stereocenters. The van der Waals surface area contributed by atoms with E-state index in [9.17, 15) is 8.78 Å². The Morgan fingerprint density at radius 3 is 2.52 bits per heavy atom. The second kappa shape index (κ2) is 10.5. The zero-order chi connectivity index (χ0) is 22.5. The molecule has 2 aromatic carbocycles. The SMILES string of the molecule is CN(Cc1c(Cl)cccc1Cl)C1CCN(c2cc(F)c(C=NNC(N)=S)cc2F)CC1. The Balaban J connectivity index is 1.63.